The zero-order valence-electron chi connectivity index (χ0n) is 9.05. The maximum atomic E-state index is 13.6. The normalized spacial score (nSPS) is 11.1. The molecule has 3 rings (SSSR count). The van der Waals surface area contributed by atoms with Crippen LogP contribution in [-0.4, -0.2) is 9.97 Å². The van der Waals surface area contributed by atoms with E-state index in [2.05, 4.69) is 25.9 Å². The Morgan fingerprint density at radius 3 is 2.83 bits per heavy atom. The molecule has 0 saturated carbocycles. The Kier molecular flexibility index (Phi) is 2.84. The van der Waals surface area contributed by atoms with E-state index in [1.165, 1.54) is 6.07 Å². The van der Waals surface area contributed by atoms with Crippen LogP contribution in [-0.2, 0) is 0 Å². The summed E-state index contributed by atoms with van der Waals surface area (Å²) in [5, 5.41) is 0.567. The summed E-state index contributed by atoms with van der Waals surface area (Å²) in [6.07, 6.45) is 0. The molecule has 2 nitrogen and oxygen atoms in total. The van der Waals surface area contributed by atoms with Crippen molar-refractivity contribution in [2.75, 3.05) is 0 Å². The van der Waals surface area contributed by atoms with Gasteiger partial charge in [-0.3, -0.25) is 0 Å². The highest BCUT2D eigenvalue weighted by Gasteiger charge is 2.11. The molecule has 0 atom stereocenters. The first kappa shape index (κ1) is 11.7. The van der Waals surface area contributed by atoms with Gasteiger partial charge >= 0.3 is 0 Å². The lowest BCUT2D eigenvalue weighted by atomic mass is 10.2. The van der Waals surface area contributed by atoms with Crippen molar-refractivity contribution in [3.63, 3.8) is 0 Å². The second-order valence-electron chi connectivity index (χ2n) is 3.85. The summed E-state index contributed by atoms with van der Waals surface area (Å²) in [6, 6.07) is 10.3. The second-order valence-corrected chi connectivity index (χ2v) is 5.17. The zero-order chi connectivity index (χ0) is 12.7. The molecule has 0 saturated heterocycles. The molecule has 0 fully saturated rings. The van der Waals surface area contributed by atoms with Crippen molar-refractivity contribution in [2.45, 2.75) is 0 Å². The predicted molar refractivity (Wildman–Crippen MR) is 74.2 cm³/mol. The number of imidazole rings is 1. The second kappa shape index (κ2) is 4.37. The van der Waals surface area contributed by atoms with Crippen LogP contribution in [0, 0.1) is 5.82 Å². The van der Waals surface area contributed by atoms with Gasteiger partial charge in [-0.15, -0.1) is 0 Å². The number of rotatable bonds is 1. The maximum Gasteiger partial charge on any atom is 0.151 e. The van der Waals surface area contributed by atoms with Gasteiger partial charge in [-0.25, -0.2) is 9.37 Å². The molecule has 0 aliphatic carbocycles. The van der Waals surface area contributed by atoms with Crippen molar-refractivity contribution in [3.05, 3.63) is 51.7 Å². The van der Waals surface area contributed by atoms with Crippen molar-refractivity contribution < 1.29 is 4.39 Å². The molecular formula is C13H7BrClFN2. The minimum Gasteiger partial charge on any atom is -0.338 e. The third kappa shape index (κ3) is 1.91. The van der Waals surface area contributed by atoms with Crippen LogP contribution < -0.4 is 0 Å². The van der Waals surface area contributed by atoms with Crippen LogP contribution in [0.2, 0.25) is 5.02 Å². The Labute approximate surface area is 116 Å². The number of aromatic nitrogens is 2. The van der Waals surface area contributed by atoms with E-state index >= 15 is 0 Å². The first-order valence-corrected chi connectivity index (χ1v) is 6.42. The molecular weight excluding hydrogens is 319 g/mol. The smallest absolute Gasteiger partial charge is 0.151 e. The van der Waals surface area contributed by atoms with E-state index in [0.717, 1.165) is 10.0 Å². The monoisotopic (exact) mass is 324 g/mol. The summed E-state index contributed by atoms with van der Waals surface area (Å²) >= 11 is 9.50. The van der Waals surface area contributed by atoms with Gasteiger partial charge in [0.1, 0.15) is 11.3 Å². The Balaban J connectivity index is 2.26. The molecule has 0 spiro atoms. The minimum atomic E-state index is -0.346. The highest BCUT2D eigenvalue weighted by Crippen LogP contribution is 2.30. The van der Waals surface area contributed by atoms with Crippen LogP contribution in [0.1, 0.15) is 0 Å². The van der Waals surface area contributed by atoms with Gasteiger partial charge in [0, 0.05) is 10.0 Å². The molecule has 0 unspecified atom stereocenters. The lowest BCUT2D eigenvalue weighted by Gasteiger charge is -2.00. The summed E-state index contributed by atoms with van der Waals surface area (Å²) in [5.74, 6) is 0.211. The molecule has 2 aromatic carbocycles. The van der Waals surface area contributed by atoms with Gasteiger partial charge in [-0.1, -0.05) is 33.6 Å². The van der Waals surface area contributed by atoms with Crippen molar-refractivity contribution in [1.82, 2.24) is 9.97 Å². The SMILES string of the molecule is Fc1cccc2[nH]c(-c3cc(Br)ccc3Cl)nc12. The van der Waals surface area contributed by atoms with E-state index in [0.29, 0.717) is 21.9 Å². The van der Waals surface area contributed by atoms with Gasteiger partial charge < -0.3 is 4.98 Å². The first-order chi connectivity index (χ1) is 8.65. The number of halogens is 3. The summed E-state index contributed by atoms with van der Waals surface area (Å²) in [4.78, 5) is 7.31. The van der Waals surface area contributed by atoms with E-state index < -0.39 is 0 Å². The fourth-order valence-corrected chi connectivity index (χ4v) is 2.37. The Morgan fingerprint density at radius 1 is 1.22 bits per heavy atom. The van der Waals surface area contributed by atoms with E-state index in [-0.39, 0.29) is 5.82 Å². The molecule has 0 amide bonds. The lowest BCUT2D eigenvalue weighted by Crippen LogP contribution is -1.82. The predicted octanol–water partition coefficient (Wildman–Crippen LogP) is 4.78. The van der Waals surface area contributed by atoms with E-state index in [1.807, 2.05) is 12.1 Å². The van der Waals surface area contributed by atoms with Gasteiger partial charge in [0.25, 0.3) is 0 Å². The van der Waals surface area contributed by atoms with Crippen LogP contribution in [0.4, 0.5) is 4.39 Å². The Bertz CT molecular complexity index is 739. The zero-order valence-corrected chi connectivity index (χ0v) is 11.4. The summed E-state index contributed by atoms with van der Waals surface area (Å²) in [5.41, 5.74) is 1.71. The number of H-pyrrole nitrogens is 1. The highest BCUT2D eigenvalue weighted by atomic mass is 79.9. The molecule has 0 aliphatic heterocycles. The highest BCUT2D eigenvalue weighted by molar-refractivity contribution is 9.10. The largest absolute Gasteiger partial charge is 0.338 e. The van der Waals surface area contributed by atoms with Crippen molar-refractivity contribution >= 4 is 38.6 Å². The molecule has 18 heavy (non-hydrogen) atoms. The number of nitrogens with one attached hydrogen (secondary N) is 1. The summed E-state index contributed by atoms with van der Waals surface area (Å²) in [7, 11) is 0. The van der Waals surface area contributed by atoms with Crippen molar-refractivity contribution in [3.8, 4) is 11.4 Å². The van der Waals surface area contributed by atoms with E-state index in [1.54, 1.807) is 18.2 Å². The van der Waals surface area contributed by atoms with Crippen molar-refractivity contribution in [1.29, 1.82) is 0 Å². The molecule has 3 aromatic rings. The third-order valence-corrected chi connectivity index (χ3v) is 3.47. The molecule has 0 aliphatic rings. The number of nitrogens with zero attached hydrogens (tertiary/aromatic N) is 1. The fourth-order valence-electron chi connectivity index (χ4n) is 1.80. The minimum absolute atomic E-state index is 0.323. The average Bonchev–Trinajstić information content (AvgIpc) is 2.77. The van der Waals surface area contributed by atoms with Crippen LogP contribution in [0.5, 0.6) is 0 Å². The van der Waals surface area contributed by atoms with Gasteiger partial charge in [-0.2, -0.15) is 0 Å². The van der Waals surface area contributed by atoms with E-state index in [9.17, 15) is 4.39 Å². The lowest BCUT2D eigenvalue weighted by molar-refractivity contribution is 0.637. The first-order valence-electron chi connectivity index (χ1n) is 5.25. The average molecular weight is 326 g/mol. The van der Waals surface area contributed by atoms with Crippen LogP contribution >= 0.6 is 27.5 Å². The third-order valence-electron chi connectivity index (χ3n) is 2.65. The number of hydrogen-bond donors (Lipinski definition) is 1. The van der Waals surface area contributed by atoms with Gasteiger partial charge in [0.15, 0.2) is 5.82 Å². The molecule has 0 bridgehead atoms. The van der Waals surface area contributed by atoms with Gasteiger partial charge in [0.2, 0.25) is 0 Å². The summed E-state index contributed by atoms with van der Waals surface area (Å²) < 4.78 is 14.5. The molecule has 0 radical (unpaired) electrons. The molecule has 1 heterocycles. The quantitative estimate of drug-likeness (QED) is 0.685. The van der Waals surface area contributed by atoms with Crippen LogP contribution in [0.3, 0.4) is 0 Å². The fraction of sp³-hybridized carbons (Fsp3) is 0. The molecule has 1 N–H and O–H groups in total. The molecule has 1 aromatic heterocycles. The summed E-state index contributed by atoms with van der Waals surface area (Å²) in [6.45, 7) is 0. The van der Waals surface area contributed by atoms with Crippen LogP contribution in [0.25, 0.3) is 22.4 Å². The number of para-hydroxylation sites is 1. The number of fused-ring (bicyclic) bond motifs is 1. The van der Waals surface area contributed by atoms with Crippen LogP contribution in [0.15, 0.2) is 40.9 Å². The van der Waals surface area contributed by atoms with Gasteiger partial charge in [-0.05, 0) is 30.3 Å². The van der Waals surface area contributed by atoms with E-state index in [4.69, 9.17) is 11.6 Å². The number of hydrogen-bond acceptors (Lipinski definition) is 1. The van der Waals surface area contributed by atoms with Gasteiger partial charge in [0.05, 0.1) is 10.5 Å². The topological polar surface area (TPSA) is 28.7 Å². The van der Waals surface area contributed by atoms with Crippen molar-refractivity contribution in [2.24, 2.45) is 0 Å². The number of aromatic amines is 1. The number of benzene rings is 2. The Morgan fingerprint density at radius 2 is 2.06 bits per heavy atom. The standard InChI is InChI=1S/C13H7BrClFN2/c14-7-4-5-9(15)8(6-7)13-17-11-3-1-2-10(16)12(11)18-13/h1-6H,(H,17,18). The maximum absolute atomic E-state index is 13.6. The molecule has 90 valence electrons. The molecule has 5 heteroatoms. The Hall–Kier alpha value is -1.39.